The molecule has 0 heterocycles. The highest BCUT2D eigenvalue weighted by Gasteiger charge is 2.39. The van der Waals surface area contributed by atoms with Crippen LogP contribution in [-0.4, -0.2) is 52.0 Å². The monoisotopic (exact) mass is 494 g/mol. The molecular formula is C30H42N2O4. The Kier molecular flexibility index (Phi) is 9.89. The molecule has 1 saturated carbocycles. The number of hydrogen-bond donors (Lipinski definition) is 0. The van der Waals surface area contributed by atoms with Gasteiger partial charge in [-0.05, 0) is 101 Å². The van der Waals surface area contributed by atoms with E-state index in [1.807, 2.05) is 24.3 Å². The molecule has 3 rings (SSSR count). The Morgan fingerprint density at radius 1 is 0.861 bits per heavy atom. The van der Waals surface area contributed by atoms with Crippen molar-refractivity contribution < 1.29 is 18.9 Å². The lowest BCUT2D eigenvalue weighted by Gasteiger charge is -2.42. The minimum Gasteiger partial charge on any atom is -0.493 e. The fourth-order valence-corrected chi connectivity index (χ4v) is 5.55. The average Bonchev–Trinajstić information content (AvgIpc) is 2.92. The third kappa shape index (κ3) is 6.25. The first-order valence-electron chi connectivity index (χ1n) is 13.0. The van der Waals surface area contributed by atoms with E-state index < -0.39 is 5.41 Å². The quantitative estimate of drug-likeness (QED) is 0.329. The molecule has 2 aromatic rings. The molecule has 0 spiro atoms. The maximum absolute atomic E-state index is 10.2. The van der Waals surface area contributed by atoms with Crippen molar-refractivity contribution in [3.05, 3.63) is 47.5 Å². The molecule has 1 aliphatic carbocycles. The van der Waals surface area contributed by atoms with E-state index in [1.165, 1.54) is 5.56 Å². The average molecular weight is 495 g/mol. The van der Waals surface area contributed by atoms with Crippen LogP contribution in [0.2, 0.25) is 0 Å². The molecule has 0 radical (unpaired) electrons. The molecule has 1 aliphatic rings. The lowest BCUT2D eigenvalue weighted by Crippen LogP contribution is -2.45. The molecule has 36 heavy (non-hydrogen) atoms. The highest BCUT2D eigenvalue weighted by atomic mass is 16.5. The van der Waals surface area contributed by atoms with Crippen molar-refractivity contribution >= 4 is 0 Å². The number of unbranched alkanes of at least 4 members (excludes halogenated alkanes) is 1. The second-order valence-electron chi connectivity index (χ2n) is 9.97. The van der Waals surface area contributed by atoms with Gasteiger partial charge in [0.25, 0.3) is 0 Å². The fraction of sp³-hybridized carbons (Fsp3) is 0.567. The molecule has 0 aromatic heterocycles. The maximum atomic E-state index is 10.2. The third-order valence-electron chi connectivity index (χ3n) is 7.67. The van der Waals surface area contributed by atoms with Crippen LogP contribution in [0.25, 0.3) is 0 Å². The summed E-state index contributed by atoms with van der Waals surface area (Å²) in [6, 6.07) is 15.8. The van der Waals surface area contributed by atoms with Crippen molar-refractivity contribution in [1.29, 1.82) is 5.26 Å². The van der Waals surface area contributed by atoms with E-state index in [1.54, 1.807) is 28.4 Å². The molecule has 2 aromatic carbocycles. The van der Waals surface area contributed by atoms with Gasteiger partial charge in [0.15, 0.2) is 23.0 Å². The maximum Gasteiger partial charge on any atom is 0.161 e. The lowest BCUT2D eigenvalue weighted by molar-refractivity contribution is 0.104. The van der Waals surface area contributed by atoms with E-state index in [0.717, 1.165) is 68.6 Å². The van der Waals surface area contributed by atoms with Gasteiger partial charge in [-0.15, -0.1) is 0 Å². The van der Waals surface area contributed by atoms with Crippen LogP contribution in [0.1, 0.15) is 63.5 Å². The number of benzene rings is 2. The predicted octanol–water partition coefficient (Wildman–Crippen LogP) is 6.16. The first kappa shape index (κ1) is 27.7. The van der Waals surface area contributed by atoms with Gasteiger partial charge in [0.1, 0.15) is 0 Å². The second kappa shape index (κ2) is 12.9. The standard InChI is InChI=1S/C30H42N2O4/c1-22(2)32(18-8-7-9-23-10-12-26(33-3)28(19-23)35-5)25-14-16-30(21-31,17-15-25)24-11-13-27(34-4)29(20-24)36-6/h10-13,19-20,22,25H,7-9,14-18H2,1-6H3. The summed E-state index contributed by atoms with van der Waals surface area (Å²) in [5.74, 6) is 2.94. The summed E-state index contributed by atoms with van der Waals surface area (Å²) < 4.78 is 21.7. The van der Waals surface area contributed by atoms with E-state index in [2.05, 4.69) is 36.9 Å². The molecule has 6 nitrogen and oxygen atoms in total. The topological polar surface area (TPSA) is 64.0 Å². The van der Waals surface area contributed by atoms with Crippen LogP contribution in [0.5, 0.6) is 23.0 Å². The highest BCUT2D eigenvalue weighted by Crippen LogP contribution is 2.43. The minimum atomic E-state index is -0.466. The summed E-state index contributed by atoms with van der Waals surface area (Å²) in [5, 5.41) is 10.2. The van der Waals surface area contributed by atoms with E-state index in [9.17, 15) is 5.26 Å². The zero-order valence-electron chi connectivity index (χ0n) is 22.8. The van der Waals surface area contributed by atoms with Crippen molar-refractivity contribution in [3.8, 4) is 29.1 Å². The number of rotatable bonds is 12. The molecule has 196 valence electrons. The van der Waals surface area contributed by atoms with Gasteiger partial charge >= 0.3 is 0 Å². The minimum absolute atomic E-state index is 0.466. The van der Waals surface area contributed by atoms with E-state index in [-0.39, 0.29) is 0 Å². The van der Waals surface area contributed by atoms with Gasteiger partial charge in [0.05, 0.1) is 39.9 Å². The Bertz CT molecular complexity index is 1020. The molecule has 0 N–H and O–H groups in total. The summed E-state index contributed by atoms with van der Waals surface area (Å²) in [4.78, 5) is 2.64. The normalized spacial score (nSPS) is 19.7. The van der Waals surface area contributed by atoms with Crippen molar-refractivity contribution in [2.75, 3.05) is 35.0 Å². The van der Waals surface area contributed by atoms with Gasteiger partial charge < -0.3 is 18.9 Å². The SMILES string of the molecule is COc1ccc(CCCCN(C(C)C)C2CCC(C#N)(c3ccc(OC)c(OC)c3)CC2)cc1OC. The van der Waals surface area contributed by atoms with Crippen LogP contribution in [0.4, 0.5) is 0 Å². The summed E-state index contributed by atoms with van der Waals surface area (Å²) in [5.41, 5.74) is 1.84. The third-order valence-corrected chi connectivity index (χ3v) is 7.67. The summed E-state index contributed by atoms with van der Waals surface area (Å²) >= 11 is 0. The molecule has 0 aliphatic heterocycles. The Labute approximate surface area is 217 Å². The summed E-state index contributed by atoms with van der Waals surface area (Å²) in [7, 11) is 6.62. The smallest absolute Gasteiger partial charge is 0.161 e. The zero-order chi connectivity index (χ0) is 26.1. The van der Waals surface area contributed by atoms with Crippen LogP contribution >= 0.6 is 0 Å². The van der Waals surface area contributed by atoms with Crippen molar-refractivity contribution in [2.45, 2.75) is 76.3 Å². The van der Waals surface area contributed by atoms with E-state index in [4.69, 9.17) is 18.9 Å². The van der Waals surface area contributed by atoms with E-state index in [0.29, 0.717) is 23.6 Å². The lowest BCUT2D eigenvalue weighted by atomic mass is 9.69. The summed E-state index contributed by atoms with van der Waals surface area (Å²) in [6.07, 6.45) is 7.05. The summed E-state index contributed by atoms with van der Waals surface area (Å²) in [6.45, 7) is 5.65. The first-order valence-corrected chi connectivity index (χ1v) is 13.0. The molecule has 0 saturated heterocycles. The Hall–Kier alpha value is -2.91. The Morgan fingerprint density at radius 2 is 1.44 bits per heavy atom. The molecule has 0 bridgehead atoms. The number of nitriles is 1. The van der Waals surface area contributed by atoms with E-state index >= 15 is 0 Å². The van der Waals surface area contributed by atoms with Crippen LogP contribution in [-0.2, 0) is 11.8 Å². The molecule has 1 fully saturated rings. The largest absolute Gasteiger partial charge is 0.493 e. The van der Waals surface area contributed by atoms with Gasteiger partial charge in [0, 0.05) is 12.1 Å². The molecular weight excluding hydrogens is 452 g/mol. The Morgan fingerprint density at radius 3 is 2.00 bits per heavy atom. The van der Waals surface area contributed by atoms with Crippen molar-refractivity contribution in [2.24, 2.45) is 0 Å². The van der Waals surface area contributed by atoms with Gasteiger partial charge in [-0.3, -0.25) is 4.90 Å². The van der Waals surface area contributed by atoms with Crippen LogP contribution in [0, 0.1) is 11.3 Å². The number of ether oxygens (including phenoxy) is 4. The van der Waals surface area contributed by atoms with Gasteiger partial charge in [-0.1, -0.05) is 12.1 Å². The Balaban J connectivity index is 1.58. The van der Waals surface area contributed by atoms with Gasteiger partial charge in [-0.2, -0.15) is 5.26 Å². The number of hydrogen-bond acceptors (Lipinski definition) is 6. The molecule has 0 unspecified atom stereocenters. The number of nitrogens with zero attached hydrogens (tertiary/aromatic N) is 2. The molecule has 0 amide bonds. The van der Waals surface area contributed by atoms with Crippen LogP contribution in [0.15, 0.2) is 36.4 Å². The fourth-order valence-electron chi connectivity index (χ4n) is 5.55. The predicted molar refractivity (Wildman–Crippen MR) is 143 cm³/mol. The number of aryl methyl sites for hydroxylation is 1. The second-order valence-corrected chi connectivity index (χ2v) is 9.97. The van der Waals surface area contributed by atoms with Gasteiger partial charge in [0.2, 0.25) is 0 Å². The van der Waals surface area contributed by atoms with Crippen molar-refractivity contribution in [1.82, 2.24) is 4.90 Å². The van der Waals surface area contributed by atoms with Gasteiger partial charge in [-0.25, -0.2) is 0 Å². The van der Waals surface area contributed by atoms with Crippen molar-refractivity contribution in [3.63, 3.8) is 0 Å². The highest BCUT2D eigenvalue weighted by molar-refractivity contribution is 5.47. The molecule has 0 atom stereocenters. The van der Waals surface area contributed by atoms with Crippen LogP contribution in [0.3, 0.4) is 0 Å². The zero-order valence-corrected chi connectivity index (χ0v) is 22.8. The van der Waals surface area contributed by atoms with Crippen LogP contribution < -0.4 is 18.9 Å². The first-order chi connectivity index (χ1) is 17.4. The molecule has 6 heteroatoms. The number of methoxy groups -OCH3 is 4.